The molecular weight excluding hydrogens is 285 g/mol. The molecule has 1 N–H and O–H groups in total. The molecule has 19 heavy (non-hydrogen) atoms. The second kappa shape index (κ2) is 6.60. The molecule has 2 rings (SSSR count). The minimum atomic E-state index is 0.0438. The Kier molecular flexibility index (Phi) is 5.08. The van der Waals surface area contributed by atoms with Crippen molar-refractivity contribution in [2.45, 2.75) is 19.3 Å². The van der Waals surface area contributed by atoms with Crippen LogP contribution in [-0.2, 0) is 11.2 Å². The Hall–Kier alpha value is -0.770. The number of halogens is 2. The zero-order valence-electron chi connectivity index (χ0n) is 10.6. The van der Waals surface area contributed by atoms with E-state index in [-0.39, 0.29) is 24.9 Å². The van der Waals surface area contributed by atoms with Crippen molar-refractivity contribution in [1.82, 2.24) is 4.90 Å². The van der Waals surface area contributed by atoms with Crippen LogP contribution in [0.5, 0.6) is 0 Å². The van der Waals surface area contributed by atoms with Crippen LogP contribution < -0.4 is 0 Å². The molecule has 1 amide bonds. The summed E-state index contributed by atoms with van der Waals surface area (Å²) in [4.78, 5) is 14.0. The fourth-order valence-electron chi connectivity index (χ4n) is 2.39. The van der Waals surface area contributed by atoms with E-state index in [0.717, 1.165) is 24.9 Å². The molecule has 104 valence electrons. The molecule has 1 aromatic carbocycles. The Morgan fingerprint density at radius 3 is 2.95 bits per heavy atom. The third-order valence-electron chi connectivity index (χ3n) is 3.48. The van der Waals surface area contributed by atoms with Crippen molar-refractivity contribution in [3.05, 3.63) is 33.8 Å². The Morgan fingerprint density at radius 1 is 1.42 bits per heavy atom. The summed E-state index contributed by atoms with van der Waals surface area (Å²) < 4.78 is 0. The van der Waals surface area contributed by atoms with E-state index in [2.05, 4.69) is 0 Å². The normalized spacial score (nSPS) is 19.5. The van der Waals surface area contributed by atoms with Crippen molar-refractivity contribution in [2.75, 3.05) is 19.7 Å². The van der Waals surface area contributed by atoms with Gasteiger partial charge in [0, 0.05) is 29.7 Å². The molecule has 0 aliphatic carbocycles. The maximum Gasteiger partial charge on any atom is 0.227 e. The lowest BCUT2D eigenvalue weighted by atomic mass is 9.98. The van der Waals surface area contributed by atoms with Crippen LogP contribution in [0.1, 0.15) is 18.4 Å². The van der Waals surface area contributed by atoms with Gasteiger partial charge in [-0.15, -0.1) is 0 Å². The van der Waals surface area contributed by atoms with Gasteiger partial charge in [0.25, 0.3) is 0 Å². The number of likely N-dealkylation sites (tertiary alicyclic amines) is 1. The highest BCUT2D eigenvalue weighted by molar-refractivity contribution is 6.33. The molecule has 1 atom stereocenters. The molecule has 1 saturated heterocycles. The number of piperidine rings is 1. The molecule has 3 nitrogen and oxygen atoms in total. The maximum atomic E-state index is 12.2. The van der Waals surface area contributed by atoms with Crippen LogP contribution >= 0.6 is 23.2 Å². The van der Waals surface area contributed by atoms with Crippen molar-refractivity contribution >= 4 is 29.1 Å². The smallest absolute Gasteiger partial charge is 0.227 e. The van der Waals surface area contributed by atoms with Gasteiger partial charge in [0.2, 0.25) is 5.91 Å². The summed E-state index contributed by atoms with van der Waals surface area (Å²) in [6.07, 6.45) is 2.19. The number of rotatable bonds is 3. The van der Waals surface area contributed by atoms with E-state index >= 15 is 0 Å². The average Bonchev–Trinajstić information content (AvgIpc) is 2.43. The van der Waals surface area contributed by atoms with Crippen LogP contribution in [0.3, 0.4) is 0 Å². The predicted octanol–water partition coefficient (Wildman–Crippen LogP) is 2.77. The molecule has 1 unspecified atom stereocenters. The minimum Gasteiger partial charge on any atom is -0.396 e. The zero-order valence-corrected chi connectivity index (χ0v) is 12.1. The number of hydrogen-bond acceptors (Lipinski definition) is 2. The van der Waals surface area contributed by atoms with E-state index in [1.54, 1.807) is 18.2 Å². The first-order valence-corrected chi connectivity index (χ1v) is 7.18. The Labute approximate surface area is 123 Å². The number of nitrogens with zero attached hydrogens (tertiary/aromatic N) is 1. The highest BCUT2D eigenvalue weighted by Gasteiger charge is 2.23. The molecule has 0 spiro atoms. The van der Waals surface area contributed by atoms with Gasteiger partial charge < -0.3 is 10.0 Å². The van der Waals surface area contributed by atoms with E-state index in [9.17, 15) is 9.90 Å². The number of carbonyl (C=O) groups excluding carboxylic acids is 1. The fraction of sp³-hybridized carbons (Fsp3) is 0.500. The van der Waals surface area contributed by atoms with Crippen LogP contribution in [0.25, 0.3) is 0 Å². The van der Waals surface area contributed by atoms with Gasteiger partial charge in [0.05, 0.1) is 6.42 Å². The third kappa shape index (κ3) is 3.85. The number of aliphatic hydroxyl groups excluding tert-OH is 1. The first-order valence-electron chi connectivity index (χ1n) is 6.42. The minimum absolute atomic E-state index is 0.0438. The molecular formula is C14H17Cl2NO2. The molecule has 1 aliphatic rings. The maximum absolute atomic E-state index is 12.2. The van der Waals surface area contributed by atoms with E-state index in [0.29, 0.717) is 16.6 Å². The van der Waals surface area contributed by atoms with E-state index < -0.39 is 0 Å². The Morgan fingerprint density at radius 2 is 2.21 bits per heavy atom. The SMILES string of the molecule is O=C(Cc1cc(Cl)ccc1Cl)N1CCCC(CO)C1. The lowest BCUT2D eigenvalue weighted by molar-refractivity contribution is -0.132. The molecule has 1 aromatic rings. The van der Waals surface area contributed by atoms with Crippen molar-refractivity contribution in [3.8, 4) is 0 Å². The van der Waals surface area contributed by atoms with Crippen LogP contribution in [0.15, 0.2) is 18.2 Å². The van der Waals surface area contributed by atoms with Gasteiger partial charge in [-0.1, -0.05) is 23.2 Å². The van der Waals surface area contributed by atoms with Crippen molar-refractivity contribution in [2.24, 2.45) is 5.92 Å². The van der Waals surface area contributed by atoms with Gasteiger partial charge in [0.1, 0.15) is 0 Å². The van der Waals surface area contributed by atoms with Gasteiger partial charge in [-0.2, -0.15) is 0 Å². The molecule has 0 aromatic heterocycles. The summed E-state index contributed by atoms with van der Waals surface area (Å²) in [5.41, 5.74) is 0.755. The Balaban J connectivity index is 2.02. The van der Waals surface area contributed by atoms with Crippen LogP contribution in [0.4, 0.5) is 0 Å². The first kappa shape index (κ1) is 14.6. The molecule has 0 bridgehead atoms. The molecule has 1 fully saturated rings. The zero-order chi connectivity index (χ0) is 13.8. The van der Waals surface area contributed by atoms with Gasteiger partial charge in [0.15, 0.2) is 0 Å². The summed E-state index contributed by atoms with van der Waals surface area (Å²) in [5.74, 6) is 0.245. The molecule has 1 aliphatic heterocycles. The van der Waals surface area contributed by atoms with Gasteiger partial charge in [-0.25, -0.2) is 0 Å². The lowest BCUT2D eigenvalue weighted by Gasteiger charge is -2.32. The number of amides is 1. The van der Waals surface area contributed by atoms with E-state index in [1.807, 2.05) is 4.90 Å². The molecule has 0 saturated carbocycles. The average molecular weight is 302 g/mol. The quantitative estimate of drug-likeness (QED) is 0.932. The molecule has 0 radical (unpaired) electrons. The van der Waals surface area contributed by atoms with Crippen molar-refractivity contribution in [3.63, 3.8) is 0 Å². The van der Waals surface area contributed by atoms with Gasteiger partial charge in [-0.05, 0) is 42.5 Å². The van der Waals surface area contributed by atoms with Gasteiger partial charge in [-0.3, -0.25) is 4.79 Å². The van der Waals surface area contributed by atoms with E-state index in [1.165, 1.54) is 0 Å². The lowest BCUT2D eigenvalue weighted by Crippen LogP contribution is -2.41. The summed E-state index contributed by atoms with van der Waals surface area (Å²) in [5, 5.41) is 10.3. The predicted molar refractivity (Wildman–Crippen MR) is 76.6 cm³/mol. The Bertz CT molecular complexity index is 465. The van der Waals surface area contributed by atoms with E-state index in [4.69, 9.17) is 23.2 Å². The second-order valence-corrected chi connectivity index (χ2v) is 5.79. The second-order valence-electron chi connectivity index (χ2n) is 4.94. The topological polar surface area (TPSA) is 40.5 Å². The number of hydrogen-bond donors (Lipinski definition) is 1. The first-order chi connectivity index (χ1) is 9.10. The number of aliphatic hydroxyl groups is 1. The summed E-state index contributed by atoms with van der Waals surface area (Å²) in [6.45, 7) is 1.53. The fourth-order valence-corrected chi connectivity index (χ4v) is 2.77. The molecule has 1 heterocycles. The summed E-state index contributed by atoms with van der Waals surface area (Å²) >= 11 is 12.0. The van der Waals surface area contributed by atoms with Crippen LogP contribution in [0.2, 0.25) is 10.0 Å². The largest absolute Gasteiger partial charge is 0.396 e. The van der Waals surface area contributed by atoms with Gasteiger partial charge >= 0.3 is 0 Å². The van der Waals surface area contributed by atoms with Crippen LogP contribution in [0, 0.1) is 5.92 Å². The summed E-state index contributed by atoms with van der Waals surface area (Å²) in [6, 6.07) is 5.15. The number of benzene rings is 1. The van der Waals surface area contributed by atoms with Crippen LogP contribution in [-0.4, -0.2) is 35.6 Å². The molecule has 5 heteroatoms. The third-order valence-corrected chi connectivity index (χ3v) is 4.08. The standard InChI is InChI=1S/C14H17Cl2NO2/c15-12-3-4-13(16)11(6-12)7-14(19)17-5-1-2-10(8-17)9-18/h3-4,6,10,18H,1-2,5,7-9H2. The highest BCUT2D eigenvalue weighted by Crippen LogP contribution is 2.23. The van der Waals surface area contributed by atoms with Crippen molar-refractivity contribution < 1.29 is 9.90 Å². The highest BCUT2D eigenvalue weighted by atomic mass is 35.5. The summed E-state index contributed by atoms with van der Waals surface area (Å²) in [7, 11) is 0. The number of carbonyl (C=O) groups is 1. The van der Waals surface area contributed by atoms with Crippen molar-refractivity contribution in [1.29, 1.82) is 0 Å². The monoisotopic (exact) mass is 301 g/mol.